The minimum atomic E-state index is 0.626. The standard InChI is InChI=1S/C12H20N4O/c1-2-17-12-8-11(15-9-16-12)14-7-3-6-13-10-4-5-10/h8-10,13H,2-7H2,1H3,(H,14,15,16). The second-order valence-corrected chi connectivity index (χ2v) is 4.18. The molecule has 5 heteroatoms. The fraction of sp³-hybridized carbons (Fsp3) is 0.667. The minimum absolute atomic E-state index is 0.626. The molecule has 5 nitrogen and oxygen atoms in total. The summed E-state index contributed by atoms with van der Waals surface area (Å²) >= 11 is 0. The van der Waals surface area contributed by atoms with Crippen molar-refractivity contribution in [2.75, 3.05) is 25.0 Å². The van der Waals surface area contributed by atoms with E-state index >= 15 is 0 Å². The average molecular weight is 236 g/mol. The van der Waals surface area contributed by atoms with Crippen LogP contribution in [0.2, 0.25) is 0 Å². The summed E-state index contributed by atoms with van der Waals surface area (Å²) in [4.78, 5) is 8.16. The molecule has 0 atom stereocenters. The van der Waals surface area contributed by atoms with E-state index in [1.54, 1.807) is 0 Å². The van der Waals surface area contributed by atoms with Gasteiger partial charge in [-0.3, -0.25) is 0 Å². The summed E-state index contributed by atoms with van der Waals surface area (Å²) < 4.78 is 5.31. The first-order chi connectivity index (χ1) is 8.38. The van der Waals surface area contributed by atoms with Crippen LogP contribution in [0.5, 0.6) is 5.88 Å². The zero-order valence-corrected chi connectivity index (χ0v) is 10.3. The zero-order valence-electron chi connectivity index (χ0n) is 10.3. The second-order valence-electron chi connectivity index (χ2n) is 4.18. The smallest absolute Gasteiger partial charge is 0.218 e. The van der Waals surface area contributed by atoms with Crippen LogP contribution in [0.3, 0.4) is 0 Å². The maximum Gasteiger partial charge on any atom is 0.218 e. The van der Waals surface area contributed by atoms with E-state index in [0.717, 1.165) is 31.4 Å². The molecule has 0 amide bonds. The van der Waals surface area contributed by atoms with Crippen LogP contribution in [0.25, 0.3) is 0 Å². The van der Waals surface area contributed by atoms with Crippen molar-refractivity contribution in [3.63, 3.8) is 0 Å². The molecule has 1 fully saturated rings. The van der Waals surface area contributed by atoms with E-state index in [2.05, 4.69) is 20.6 Å². The van der Waals surface area contributed by atoms with Crippen LogP contribution in [0.4, 0.5) is 5.82 Å². The highest BCUT2D eigenvalue weighted by atomic mass is 16.5. The summed E-state index contributed by atoms with van der Waals surface area (Å²) in [5.41, 5.74) is 0. The average Bonchev–Trinajstić information content (AvgIpc) is 3.14. The predicted molar refractivity (Wildman–Crippen MR) is 67.3 cm³/mol. The van der Waals surface area contributed by atoms with Gasteiger partial charge in [0.15, 0.2) is 0 Å². The molecule has 0 aromatic carbocycles. The van der Waals surface area contributed by atoms with Crippen LogP contribution in [0.15, 0.2) is 12.4 Å². The Bertz CT molecular complexity index is 341. The van der Waals surface area contributed by atoms with Crippen molar-refractivity contribution in [3.05, 3.63) is 12.4 Å². The first-order valence-corrected chi connectivity index (χ1v) is 6.30. The minimum Gasteiger partial charge on any atom is -0.478 e. The monoisotopic (exact) mass is 236 g/mol. The van der Waals surface area contributed by atoms with E-state index in [1.807, 2.05) is 13.0 Å². The van der Waals surface area contributed by atoms with Crippen molar-refractivity contribution in [1.82, 2.24) is 15.3 Å². The van der Waals surface area contributed by atoms with Gasteiger partial charge in [0.25, 0.3) is 0 Å². The van der Waals surface area contributed by atoms with Gasteiger partial charge >= 0.3 is 0 Å². The number of anilines is 1. The van der Waals surface area contributed by atoms with Crippen molar-refractivity contribution in [2.24, 2.45) is 0 Å². The Morgan fingerprint density at radius 2 is 2.24 bits per heavy atom. The van der Waals surface area contributed by atoms with Crippen molar-refractivity contribution < 1.29 is 4.74 Å². The number of aromatic nitrogens is 2. The van der Waals surface area contributed by atoms with E-state index in [9.17, 15) is 0 Å². The molecular weight excluding hydrogens is 216 g/mol. The summed E-state index contributed by atoms with van der Waals surface area (Å²) in [5, 5.41) is 6.74. The Balaban J connectivity index is 1.64. The lowest BCUT2D eigenvalue weighted by atomic mass is 10.4. The Morgan fingerprint density at radius 1 is 1.35 bits per heavy atom. The Morgan fingerprint density at radius 3 is 3.00 bits per heavy atom. The molecule has 0 spiro atoms. The van der Waals surface area contributed by atoms with Crippen molar-refractivity contribution in [1.29, 1.82) is 0 Å². The van der Waals surface area contributed by atoms with Gasteiger partial charge in [-0.15, -0.1) is 0 Å². The van der Waals surface area contributed by atoms with E-state index in [1.165, 1.54) is 19.2 Å². The van der Waals surface area contributed by atoms with Crippen LogP contribution >= 0.6 is 0 Å². The molecule has 0 bridgehead atoms. The number of rotatable bonds is 8. The van der Waals surface area contributed by atoms with Gasteiger partial charge in [0.1, 0.15) is 12.1 Å². The maximum atomic E-state index is 5.31. The highest BCUT2D eigenvalue weighted by molar-refractivity contribution is 5.36. The van der Waals surface area contributed by atoms with E-state index < -0.39 is 0 Å². The van der Waals surface area contributed by atoms with Crippen molar-refractivity contribution in [3.8, 4) is 5.88 Å². The number of ether oxygens (including phenoxy) is 1. The summed E-state index contributed by atoms with van der Waals surface area (Å²) in [5.74, 6) is 1.45. The molecule has 1 heterocycles. The zero-order chi connectivity index (χ0) is 11.9. The highest BCUT2D eigenvalue weighted by Gasteiger charge is 2.19. The largest absolute Gasteiger partial charge is 0.478 e. The number of hydrogen-bond donors (Lipinski definition) is 2. The summed E-state index contributed by atoms with van der Waals surface area (Å²) in [7, 11) is 0. The van der Waals surface area contributed by atoms with E-state index in [0.29, 0.717) is 12.5 Å². The normalized spacial score (nSPS) is 14.6. The molecule has 0 radical (unpaired) electrons. The van der Waals surface area contributed by atoms with Gasteiger partial charge in [-0.2, -0.15) is 0 Å². The van der Waals surface area contributed by atoms with Crippen molar-refractivity contribution >= 4 is 5.82 Å². The lowest BCUT2D eigenvalue weighted by molar-refractivity contribution is 0.326. The van der Waals surface area contributed by atoms with Gasteiger partial charge < -0.3 is 15.4 Å². The quantitative estimate of drug-likeness (QED) is 0.669. The van der Waals surface area contributed by atoms with Crippen LogP contribution < -0.4 is 15.4 Å². The molecule has 0 saturated heterocycles. The summed E-state index contributed by atoms with van der Waals surface area (Å²) in [6.45, 7) is 4.56. The van der Waals surface area contributed by atoms with E-state index in [-0.39, 0.29) is 0 Å². The van der Waals surface area contributed by atoms with Gasteiger partial charge in [0.05, 0.1) is 6.61 Å². The molecule has 2 N–H and O–H groups in total. The molecule has 1 aliphatic carbocycles. The second kappa shape index (κ2) is 6.39. The Labute approximate surface area is 102 Å². The molecule has 1 aromatic rings. The Hall–Kier alpha value is -1.36. The lowest BCUT2D eigenvalue weighted by Gasteiger charge is -2.07. The van der Waals surface area contributed by atoms with Gasteiger partial charge in [-0.25, -0.2) is 9.97 Å². The molecule has 0 unspecified atom stereocenters. The molecule has 1 aromatic heterocycles. The third kappa shape index (κ3) is 4.56. The van der Waals surface area contributed by atoms with E-state index in [4.69, 9.17) is 4.74 Å². The Kier molecular flexibility index (Phi) is 4.55. The third-order valence-electron chi connectivity index (χ3n) is 2.60. The fourth-order valence-electron chi connectivity index (χ4n) is 1.56. The molecule has 2 rings (SSSR count). The summed E-state index contributed by atoms with van der Waals surface area (Å²) in [6, 6.07) is 2.62. The molecule has 1 aliphatic rings. The lowest BCUT2D eigenvalue weighted by Crippen LogP contribution is -2.20. The first kappa shape index (κ1) is 12.1. The van der Waals surface area contributed by atoms with Gasteiger partial charge in [-0.1, -0.05) is 0 Å². The molecule has 17 heavy (non-hydrogen) atoms. The molecule has 1 saturated carbocycles. The summed E-state index contributed by atoms with van der Waals surface area (Å²) in [6.07, 6.45) is 5.31. The molecule has 94 valence electrons. The number of nitrogens with one attached hydrogen (secondary N) is 2. The topological polar surface area (TPSA) is 59.1 Å². The van der Waals surface area contributed by atoms with Crippen LogP contribution in [-0.4, -0.2) is 35.7 Å². The van der Waals surface area contributed by atoms with Crippen LogP contribution in [0, 0.1) is 0 Å². The predicted octanol–water partition coefficient (Wildman–Crippen LogP) is 1.43. The van der Waals surface area contributed by atoms with Gasteiger partial charge in [-0.05, 0) is 32.7 Å². The number of hydrogen-bond acceptors (Lipinski definition) is 5. The SMILES string of the molecule is CCOc1cc(NCCCNC2CC2)ncn1. The van der Waals surface area contributed by atoms with Gasteiger partial charge in [0, 0.05) is 18.7 Å². The van der Waals surface area contributed by atoms with Crippen LogP contribution in [-0.2, 0) is 0 Å². The molecular formula is C12H20N4O. The third-order valence-corrected chi connectivity index (χ3v) is 2.60. The maximum absolute atomic E-state index is 5.31. The van der Waals surface area contributed by atoms with Crippen LogP contribution in [0.1, 0.15) is 26.2 Å². The van der Waals surface area contributed by atoms with Crippen molar-refractivity contribution in [2.45, 2.75) is 32.2 Å². The van der Waals surface area contributed by atoms with Gasteiger partial charge in [0.2, 0.25) is 5.88 Å². The number of nitrogens with zero attached hydrogens (tertiary/aromatic N) is 2. The first-order valence-electron chi connectivity index (χ1n) is 6.30. The molecule has 0 aliphatic heterocycles. The fourth-order valence-corrected chi connectivity index (χ4v) is 1.56. The highest BCUT2D eigenvalue weighted by Crippen LogP contribution is 2.18.